The van der Waals surface area contributed by atoms with E-state index >= 15 is 0 Å². The molecular formula is C20H31FN4O4S. The summed E-state index contributed by atoms with van der Waals surface area (Å²) >= 11 is 1.31. The summed E-state index contributed by atoms with van der Waals surface area (Å²) in [5.41, 5.74) is 0.437. The molecular weight excluding hydrogens is 411 g/mol. The van der Waals surface area contributed by atoms with E-state index in [1.807, 2.05) is 0 Å². The van der Waals surface area contributed by atoms with Crippen molar-refractivity contribution in [3.05, 3.63) is 17.2 Å². The first kappa shape index (κ1) is 24.5. The molecule has 2 rings (SSSR count). The second-order valence-corrected chi connectivity index (χ2v) is 8.32. The molecule has 8 nitrogen and oxygen atoms in total. The van der Waals surface area contributed by atoms with Gasteiger partial charge in [0.2, 0.25) is 12.3 Å². The summed E-state index contributed by atoms with van der Waals surface area (Å²) < 4.78 is 19.9. The predicted octanol–water partition coefficient (Wildman–Crippen LogP) is 2.58. The van der Waals surface area contributed by atoms with Gasteiger partial charge in [0.15, 0.2) is 11.0 Å². The summed E-state index contributed by atoms with van der Waals surface area (Å²) in [6.07, 6.45) is 8.07. The number of methoxy groups -OCH3 is 1. The third-order valence-corrected chi connectivity index (χ3v) is 5.88. The minimum Gasteiger partial charge on any atom is -0.385 e. The van der Waals surface area contributed by atoms with Crippen LogP contribution in [-0.4, -0.2) is 59.1 Å². The number of hydroxylamine groups is 2. The van der Waals surface area contributed by atoms with Crippen molar-refractivity contribution in [2.75, 3.05) is 26.5 Å². The third kappa shape index (κ3) is 7.48. The van der Waals surface area contributed by atoms with Crippen molar-refractivity contribution >= 4 is 24.1 Å². The lowest BCUT2D eigenvalue weighted by atomic mass is 9.92. The van der Waals surface area contributed by atoms with Crippen molar-refractivity contribution in [2.45, 2.75) is 56.6 Å². The molecule has 1 aliphatic rings. The zero-order valence-corrected chi connectivity index (χ0v) is 18.4. The standard InChI is InChI=1S/C20H31FN4O4S/c1-29-9-5-8-16-18(21)17(24-20(23-16)30-2)11-22-19(27)15(12-25(28)13-26)10-14-6-3-4-7-14/h13-15,28H,3-12H2,1-2H3,(H,22,27)/t15-/m1/s1. The fourth-order valence-corrected chi connectivity index (χ4v) is 4.18. The fourth-order valence-electron chi connectivity index (χ4n) is 3.78. The third-order valence-electron chi connectivity index (χ3n) is 5.34. The second kappa shape index (κ2) is 12.8. The van der Waals surface area contributed by atoms with Gasteiger partial charge in [-0.2, -0.15) is 0 Å². The van der Waals surface area contributed by atoms with E-state index in [-0.39, 0.29) is 31.1 Å². The smallest absolute Gasteiger partial charge is 0.233 e. The summed E-state index contributed by atoms with van der Waals surface area (Å²) in [5, 5.41) is 13.2. The maximum atomic E-state index is 14.8. The largest absolute Gasteiger partial charge is 0.385 e. The van der Waals surface area contributed by atoms with E-state index < -0.39 is 11.7 Å². The Morgan fingerprint density at radius 3 is 2.73 bits per heavy atom. The monoisotopic (exact) mass is 442 g/mol. The van der Waals surface area contributed by atoms with Crippen LogP contribution >= 0.6 is 11.8 Å². The molecule has 1 aliphatic carbocycles. The maximum absolute atomic E-state index is 14.8. The Labute approximate surface area is 180 Å². The van der Waals surface area contributed by atoms with Crippen LogP contribution in [0.5, 0.6) is 0 Å². The molecule has 1 aromatic rings. The number of rotatable bonds is 13. The SMILES string of the molecule is COCCCc1nc(SC)nc(CNC(=O)[C@H](CC2CCCC2)CN(O)C=O)c1F. The lowest BCUT2D eigenvalue weighted by Crippen LogP contribution is -2.38. The number of hydrogen-bond acceptors (Lipinski definition) is 7. The molecule has 30 heavy (non-hydrogen) atoms. The van der Waals surface area contributed by atoms with Crippen LogP contribution in [0.15, 0.2) is 5.16 Å². The van der Waals surface area contributed by atoms with Gasteiger partial charge in [-0.1, -0.05) is 37.4 Å². The summed E-state index contributed by atoms with van der Waals surface area (Å²) in [5.74, 6) is -1.01. The first-order valence-electron chi connectivity index (χ1n) is 10.2. The van der Waals surface area contributed by atoms with Crippen molar-refractivity contribution in [1.29, 1.82) is 0 Å². The van der Waals surface area contributed by atoms with Crippen LogP contribution in [0.3, 0.4) is 0 Å². The Morgan fingerprint density at radius 2 is 2.10 bits per heavy atom. The van der Waals surface area contributed by atoms with Gasteiger partial charge in [0.05, 0.1) is 24.7 Å². The second-order valence-electron chi connectivity index (χ2n) is 7.54. The molecule has 0 aromatic carbocycles. The van der Waals surface area contributed by atoms with E-state index in [9.17, 15) is 19.2 Å². The number of hydrogen-bond donors (Lipinski definition) is 2. The van der Waals surface area contributed by atoms with Crippen molar-refractivity contribution in [1.82, 2.24) is 20.3 Å². The zero-order chi connectivity index (χ0) is 21.9. The number of nitrogens with zero attached hydrogens (tertiary/aromatic N) is 3. The number of aryl methyl sites for hydroxylation is 1. The molecule has 0 radical (unpaired) electrons. The van der Waals surface area contributed by atoms with Crippen molar-refractivity contribution < 1.29 is 23.9 Å². The highest BCUT2D eigenvalue weighted by Gasteiger charge is 2.27. The van der Waals surface area contributed by atoms with Crippen LogP contribution in [0, 0.1) is 17.7 Å². The molecule has 10 heteroatoms. The molecule has 2 N–H and O–H groups in total. The predicted molar refractivity (Wildman–Crippen MR) is 110 cm³/mol. The number of carbonyl (C=O) groups excluding carboxylic acids is 2. The van der Waals surface area contributed by atoms with Crippen LogP contribution in [0.25, 0.3) is 0 Å². The molecule has 0 unspecified atom stereocenters. The van der Waals surface area contributed by atoms with Crippen LogP contribution in [0.2, 0.25) is 0 Å². The number of carbonyl (C=O) groups is 2. The molecule has 0 aliphatic heterocycles. The maximum Gasteiger partial charge on any atom is 0.233 e. The average Bonchev–Trinajstić information content (AvgIpc) is 3.26. The summed E-state index contributed by atoms with van der Waals surface area (Å²) in [6.45, 7) is 0.337. The van der Waals surface area contributed by atoms with Crippen molar-refractivity contribution in [3.63, 3.8) is 0 Å². The van der Waals surface area contributed by atoms with Gasteiger partial charge in [-0.3, -0.25) is 14.8 Å². The molecule has 2 amide bonds. The summed E-state index contributed by atoms with van der Waals surface area (Å²) in [7, 11) is 1.59. The Balaban J connectivity index is 2.06. The van der Waals surface area contributed by atoms with Gasteiger partial charge in [0.1, 0.15) is 5.69 Å². The first-order chi connectivity index (χ1) is 14.5. The molecule has 1 fully saturated rings. The van der Waals surface area contributed by atoms with Crippen LogP contribution in [0.4, 0.5) is 4.39 Å². The number of halogens is 1. The molecule has 0 spiro atoms. The molecule has 168 valence electrons. The Kier molecular flexibility index (Phi) is 10.5. The highest BCUT2D eigenvalue weighted by Crippen LogP contribution is 2.30. The van der Waals surface area contributed by atoms with Gasteiger partial charge in [-0.05, 0) is 31.4 Å². The van der Waals surface area contributed by atoms with Gasteiger partial charge in [0, 0.05) is 13.7 Å². The molecule has 1 heterocycles. The van der Waals surface area contributed by atoms with Crippen molar-refractivity contribution in [3.8, 4) is 0 Å². The summed E-state index contributed by atoms with van der Waals surface area (Å²) in [6, 6.07) is 0. The number of aromatic nitrogens is 2. The van der Waals surface area contributed by atoms with Crippen LogP contribution in [0.1, 0.15) is 49.9 Å². The topological polar surface area (TPSA) is 105 Å². The van der Waals surface area contributed by atoms with Gasteiger partial charge in [0.25, 0.3) is 0 Å². The van der Waals surface area contributed by atoms with Crippen molar-refractivity contribution in [2.24, 2.45) is 11.8 Å². The highest BCUT2D eigenvalue weighted by atomic mass is 32.2. The molecule has 1 saturated carbocycles. The van der Waals surface area contributed by atoms with E-state index in [2.05, 4.69) is 15.3 Å². The Bertz CT molecular complexity index is 704. The van der Waals surface area contributed by atoms with E-state index in [0.717, 1.165) is 25.7 Å². The highest BCUT2D eigenvalue weighted by molar-refractivity contribution is 7.98. The summed E-state index contributed by atoms with van der Waals surface area (Å²) in [4.78, 5) is 32.0. The minimum atomic E-state index is -0.561. The molecule has 0 saturated heterocycles. The lowest BCUT2D eigenvalue weighted by Gasteiger charge is -2.22. The van der Waals surface area contributed by atoms with Gasteiger partial charge in [-0.15, -0.1) is 0 Å². The molecule has 1 aromatic heterocycles. The lowest BCUT2D eigenvalue weighted by molar-refractivity contribution is -0.155. The minimum absolute atomic E-state index is 0.0777. The Hall–Kier alpha value is -1.78. The van der Waals surface area contributed by atoms with E-state index in [0.29, 0.717) is 47.7 Å². The zero-order valence-electron chi connectivity index (χ0n) is 17.6. The quantitative estimate of drug-likeness (QED) is 0.121. The number of nitrogens with one attached hydrogen (secondary N) is 1. The van der Waals surface area contributed by atoms with Crippen LogP contribution in [-0.2, 0) is 27.3 Å². The van der Waals surface area contributed by atoms with Gasteiger partial charge < -0.3 is 10.1 Å². The number of ether oxygens (including phenoxy) is 1. The fraction of sp³-hybridized carbons (Fsp3) is 0.700. The molecule has 0 bridgehead atoms. The van der Waals surface area contributed by atoms with Gasteiger partial charge in [-0.25, -0.2) is 19.4 Å². The normalized spacial score (nSPS) is 15.2. The van der Waals surface area contributed by atoms with Crippen LogP contribution < -0.4 is 5.32 Å². The van der Waals surface area contributed by atoms with Gasteiger partial charge >= 0.3 is 0 Å². The number of thioether (sulfide) groups is 1. The first-order valence-corrected chi connectivity index (χ1v) is 11.5. The number of amides is 2. The molecule has 1 atom stereocenters. The van der Waals surface area contributed by atoms with E-state index in [4.69, 9.17) is 4.74 Å². The Morgan fingerprint density at radius 1 is 1.40 bits per heavy atom. The van der Waals surface area contributed by atoms with E-state index in [1.165, 1.54) is 11.8 Å². The van der Waals surface area contributed by atoms with E-state index in [1.54, 1.807) is 13.4 Å². The average molecular weight is 443 g/mol.